The fourth-order valence-corrected chi connectivity index (χ4v) is 1.73. The van der Waals surface area contributed by atoms with Crippen molar-refractivity contribution in [3.05, 3.63) is 0 Å². The lowest BCUT2D eigenvalue weighted by Crippen LogP contribution is -2.39. The van der Waals surface area contributed by atoms with Crippen molar-refractivity contribution in [2.24, 2.45) is 5.73 Å². The van der Waals surface area contributed by atoms with Gasteiger partial charge >= 0.3 is 0 Å². The molecule has 0 unspecified atom stereocenters. The molecule has 0 heterocycles. The zero-order chi connectivity index (χ0) is 11.7. The lowest BCUT2D eigenvalue weighted by atomic mass is 10.2. The second-order valence-corrected chi connectivity index (χ2v) is 4.30. The summed E-state index contributed by atoms with van der Waals surface area (Å²) in [7, 11) is 0. The van der Waals surface area contributed by atoms with Gasteiger partial charge in [-0.05, 0) is 46.4 Å². The highest BCUT2D eigenvalue weighted by Crippen LogP contribution is 2.00. The zero-order valence-corrected chi connectivity index (χ0v) is 11.0. The molecule has 0 rings (SSSR count). The fourth-order valence-electron chi connectivity index (χ4n) is 1.73. The minimum absolute atomic E-state index is 0.632. The molecule has 0 atom stereocenters. The Hall–Kier alpha value is -0.120. The maximum atomic E-state index is 5.55. The third kappa shape index (κ3) is 6.88. The number of nitrogens with two attached hydrogens (primary N) is 1. The Balaban J connectivity index is 3.83. The van der Waals surface area contributed by atoms with E-state index in [1.54, 1.807) is 0 Å². The monoisotopic (exact) mass is 215 g/mol. The quantitative estimate of drug-likeness (QED) is 0.631. The molecule has 0 aromatic heterocycles. The Morgan fingerprint density at radius 1 is 1.00 bits per heavy atom. The van der Waals surface area contributed by atoms with Crippen LogP contribution in [0.3, 0.4) is 0 Å². The summed E-state index contributed by atoms with van der Waals surface area (Å²) in [5.74, 6) is 0. The summed E-state index contributed by atoms with van der Waals surface area (Å²) in [5, 5.41) is 0. The lowest BCUT2D eigenvalue weighted by molar-refractivity contribution is 0.181. The van der Waals surface area contributed by atoms with Crippen LogP contribution in [0.4, 0.5) is 0 Å². The van der Waals surface area contributed by atoms with Gasteiger partial charge in [0.1, 0.15) is 0 Å². The van der Waals surface area contributed by atoms with E-state index in [0.717, 1.165) is 32.6 Å². The molecule has 2 N–H and O–H groups in total. The van der Waals surface area contributed by atoms with Gasteiger partial charge in [-0.2, -0.15) is 0 Å². The third-order valence-corrected chi connectivity index (χ3v) is 2.98. The Bertz CT molecular complexity index is 133. The second-order valence-electron chi connectivity index (χ2n) is 4.30. The first kappa shape index (κ1) is 14.9. The van der Waals surface area contributed by atoms with E-state index in [-0.39, 0.29) is 0 Å². The van der Waals surface area contributed by atoms with Gasteiger partial charge in [0.05, 0.1) is 0 Å². The minimum atomic E-state index is 0.632. The van der Waals surface area contributed by atoms with E-state index in [1.807, 2.05) is 0 Å². The molecule has 3 nitrogen and oxygen atoms in total. The molecule has 0 aromatic rings. The van der Waals surface area contributed by atoms with E-state index in [4.69, 9.17) is 5.73 Å². The van der Waals surface area contributed by atoms with Crippen molar-refractivity contribution in [1.82, 2.24) is 9.80 Å². The summed E-state index contributed by atoms with van der Waals surface area (Å²) >= 11 is 0. The van der Waals surface area contributed by atoms with Crippen LogP contribution >= 0.6 is 0 Å². The Labute approximate surface area is 95.6 Å². The Morgan fingerprint density at radius 2 is 1.60 bits per heavy atom. The van der Waals surface area contributed by atoms with Gasteiger partial charge < -0.3 is 10.6 Å². The molecule has 0 aliphatic carbocycles. The molecule has 0 aromatic carbocycles. The molecule has 0 fully saturated rings. The summed E-state index contributed by atoms with van der Waals surface area (Å²) in [4.78, 5) is 4.99. The standard InChI is InChI=1S/C12H29N3/c1-5-14(6-2)10-11-15(12(3)4)9-7-8-13/h12H,5-11,13H2,1-4H3. The number of likely N-dealkylation sites (N-methyl/N-ethyl adjacent to an activating group) is 1. The van der Waals surface area contributed by atoms with Crippen molar-refractivity contribution < 1.29 is 0 Å². The number of rotatable bonds is 9. The molecule has 0 radical (unpaired) electrons. The average Bonchev–Trinajstić information content (AvgIpc) is 2.23. The van der Waals surface area contributed by atoms with Crippen LogP contribution in [0.2, 0.25) is 0 Å². The van der Waals surface area contributed by atoms with Gasteiger partial charge in [0.25, 0.3) is 0 Å². The summed E-state index contributed by atoms with van der Waals surface area (Å²) in [5.41, 5.74) is 5.55. The normalized spacial score (nSPS) is 12.0. The first-order chi connectivity index (χ1) is 7.15. The maximum absolute atomic E-state index is 5.55. The number of hydrogen-bond donors (Lipinski definition) is 1. The van der Waals surface area contributed by atoms with E-state index in [0.29, 0.717) is 6.04 Å². The molecular formula is C12H29N3. The molecule has 0 saturated heterocycles. The van der Waals surface area contributed by atoms with Gasteiger partial charge in [-0.15, -0.1) is 0 Å². The van der Waals surface area contributed by atoms with E-state index < -0.39 is 0 Å². The first-order valence-corrected chi connectivity index (χ1v) is 6.32. The third-order valence-electron chi connectivity index (χ3n) is 2.98. The smallest absolute Gasteiger partial charge is 0.0112 e. The minimum Gasteiger partial charge on any atom is -0.330 e. The van der Waals surface area contributed by atoms with Crippen LogP contribution in [0.15, 0.2) is 0 Å². The molecule has 3 heteroatoms. The summed E-state index contributed by atoms with van der Waals surface area (Å²) in [6.07, 6.45) is 1.11. The van der Waals surface area contributed by atoms with E-state index in [2.05, 4.69) is 37.5 Å². The maximum Gasteiger partial charge on any atom is 0.0112 e. The molecule has 0 amide bonds. The van der Waals surface area contributed by atoms with Crippen LogP contribution in [-0.4, -0.2) is 55.1 Å². The predicted octanol–water partition coefficient (Wildman–Crippen LogP) is 1.39. The molecule has 0 aliphatic heterocycles. The van der Waals surface area contributed by atoms with Gasteiger partial charge in [0.2, 0.25) is 0 Å². The van der Waals surface area contributed by atoms with Crippen LogP contribution in [0.25, 0.3) is 0 Å². The predicted molar refractivity (Wildman–Crippen MR) is 68.2 cm³/mol. The highest BCUT2D eigenvalue weighted by Gasteiger charge is 2.09. The van der Waals surface area contributed by atoms with E-state index in [9.17, 15) is 0 Å². The van der Waals surface area contributed by atoms with Crippen molar-refractivity contribution in [2.45, 2.75) is 40.2 Å². The Kier molecular flexibility index (Phi) is 9.06. The lowest BCUT2D eigenvalue weighted by Gasteiger charge is -2.29. The van der Waals surface area contributed by atoms with Crippen molar-refractivity contribution in [3.63, 3.8) is 0 Å². The van der Waals surface area contributed by atoms with Crippen molar-refractivity contribution in [2.75, 3.05) is 39.3 Å². The first-order valence-electron chi connectivity index (χ1n) is 6.32. The Morgan fingerprint density at radius 3 is 2.00 bits per heavy atom. The molecule has 0 spiro atoms. The van der Waals surface area contributed by atoms with E-state index in [1.165, 1.54) is 13.1 Å². The fraction of sp³-hybridized carbons (Fsp3) is 1.00. The number of hydrogen-bond acceptors (Lipinski definition) is 3. The van der Waals surface area contributed by atoms with Crippen LogP contribution < -0.4 is 5.73 Å². The molecule has 15 heavy (non-hydrogen) atoms. The van der Waals surface area contributed by atoms with Crippen LogP contribution in [0.5, 0.6) is 0 Å². The van der Waals surface area contributed by atoms with Crippen LogP contribution in [0, 0.1) is 0 Å². The SMILES string of the molecule is CCN(CC)CCN(CCCN)C(C)C. The molecular weight excluding hydrogens is 186 g/mol. The summed E-state index contributed by atoms with van der Waals surface area (Å²) in [6, 6.07) is 0.632. The van der Waals surface area contributed by atoms with Gasteiger partial charge in [-0.1, -0.05) is 13.8 Å². The topological polar surface area (TPSA) is 32.5 Å². The largest absolute Gasteiger partial charge is 0.330 e. The van der Waals surface area contributed by atoms with Crippen molar-refractivity contribution in [3.8, 4) is 0 Å². The van der Waals surface area contributed by atoms with Gasteiger partial charge in [-0.3, -0.25) is 4.90 Å². The molecule has 0 bridgehead atoms. The summed E-state index contributed by atoms with van der Waals surface area (Å²) in [6.45, 7) is 15.6. The van der Waals surface area contributed by atoms with E-state index >= 15 is 0 Å². The zero-order valence-electron chi connectivity index (χ0n) is 11.0. The average molecular weight is 215 g/mol. The highest BCUT2D eigenvalue weighted by atomic mass is 15.2. The summed E-state index contributed by atoms with van der Waals surface area (Å²) < 4.78 is 0. The molecule has 0 saturated carbocycles. The van der Waals surface area contributed by atoms with Gasteiger partial charge in [0, 0.05) is 19.1 Å². The second kappa shape index (κ2) is 9.13. The van der Waals surface area contributed by atoms with Gasteiger partial charge in [0.15, 0.2) is 0 Å². The molecule has 92 valence electrons. The van der Waals surface area contributed by atoms with Crippen LogP contribution in [-0.2, 0) is 0 Å². The van der Waals surface area contributed by atoms with Gasteiger partial charge in [-0.25, -0.2) is 0 Å². The highest BCUT2D eigenvalue weighted by molar-refractivity contribution is 4.65. The number of nitrogens with zero attached hydrogens (tertiary/aromatic N) is 2. The van der Waals surface area contributed by atoms with Crippen LogP contribution in [0.1, 0.15) is 34.1 Å². The van der Waals surface area contributed by atoms with Crippen molar-refractivity contribution >= 4 is 0 Å². The molecule has 0 aliphatic rings. The van der Waals surface area contributed by atoms with Crippen molar-refractivity contribution in [1.29, 1.82) is 0 Å².